The average Bonchev–Trinajstić information content (AvgIpc) is 2.55. The van der Waals surface area contributed by atoms with E-state index in [1.807, 2.05) is 0 Å². The van der Waals surface area contributed by atoms with Crippen LogP contribution in [-0.2, 0) is 15.9 Å². The summed E-state index contributed by atoms with van der Waals surface area (Å²) < 4.78 is 11.5. The molecule has 1 N–H and O–H groups in total. The summed E-state index contributed by atoms with van der Waals surface area (Å²) in [4.78, 5) is 0. The highest BCUT2D eigenvalue weighted by atomic mass is 16.6. The number of benzene rings is 1. The largest absolute Gasteiger partial charge is 0.376 e. The molecule has 1 fully saturated rings. The lowest BCUT2D eigenvalue weighted by Crippen LogP contribution is -2.47. The van der Waals surface area contributed by atoms with Gasteiger partial charge in [-0.15, -0.1) is 0 Å². The molecular formula is C18H27NO2. The highest BCUT2D eigenvalue weighted by Crippen LogP contribution is 2.35. The zero-order chi connectivity index (χ0) is 14.5. The molecule has 3 heteroatoms. The minimum Gasteiger partial charge on any atom is -0.376 e. The lowest BCUT2D eigenvalue weighted by atomic mass is 9.79. The quantitative estimate of drug-likeness (QED) is 0.904. The van der Waals surface area contributed by atoms with E-state index in [1.54, 1.807) is 11.1 Å². The summed E-state index contributed by atoms with van der Waals surface area (Å²) in [5.74, 6) is 0.657. The molecule has 1 aliphatic heterocycles. The van der Waals surface area contributed by atoms with Gasteiger partial charge >= 0.3 is 0 Å². The van der Waals surface area contributed by atoms with Crippen LogP contribution in [0.15, 0.2) is 24.3 Å². The predicted octanol–water partition coefficient (Wildman–Crippen LogP) is 2.89. The van der Waals surface area contributed by atoms with Crippen molar-refractivity contribution in [3.8, 4) is 0 Å². The number of hydrogen-bond donors (Lipinski definition) is 1. The van der Waals surface area contributed by atoms with Gasteiger partial charge in [-0.25, -0.2) is 0 Å². The lowest BCUT2D eigenvalue weighted by Gasteiger charge is -2.35. The zero-order valence-electron chi connectivity index (χ0n) is 13.0. The Morgan fingerprint density at radius 2 is 2.19 bits per heavy atom. The van der Waals surface area contributed by atoms with E-state index in [4.69, 9.17) is 9.47 Å². The average molecular weight is 289 g/mol. The number of likely N-dealkylation sites (N-methyl/N-ethyl adjacent to an activating group) is 1. The Morgan fingerprint density at radius 1 is 1.29 bits per heavy atom. The molecule has 0 spiro atoms. The van der Waals surface area contributed by atoms with E-state index < -0.39 is 0 Å². The van der Waals surface area contributed by atoms with Crippen molar-refractivity contribution in [2.45, 2.75) is 50.7 Å². The minimum atomic E-state index is 0.202. The molecule has 3 atom stereocenters. The molecule has 1 aliphatic carbocycles. The molecule has 1 saturated heterocycles. The van der Waals surface area contributed by atoms with E-state index in [2.05, 4.69) is 36.5 Å². The summed E-state index contributed by atoms with van der Waals surface area (Å²) in [6, 6.07) is 9.36. The first-order valence-electron chi connectivity index (χ1n) is 8.39. The predicted molar refractivity (Wildman–Crippen MR) is 84.8 cm³/mol. The van der Waals surface area contributed by atoms with E-state index in [9.17, 15) is 0 Å². The van der Waals surface area contributed by atoms with E-state index >= 15 is 0 Å². The van der Waals surface area contributed by atoms with Crippen LogP contribution in [0.4, 0.5) is 0 Å². The number of nitrogens with one attached hydrogen (secondary N) is 1. The molecule has 0 aromatic heterocycles. The molecule has 0 saturated carbocycles. The molecule has 21 heavy (non-hydrogen) atoms. The van der Waals surface area contributed by atoms with Crippen LogP contribution in [-0.4, -0.2) is 38.5 Å². The lowest BCUT2D eigenvalue weighted by molar-refractivity contribution is -0.103. The van der Waals surface area contributed by atoms with Gasteiger partial charge < -0.3 is 14.8 Å². The number of fused-ring (bicyclic) bond motifs is 1. The second-order valence-electron chi connectivity index (χ2n) is 6.17. The second-order valence-corrected chi connectivity index (χ2v) is 6.17. The standard InChI is InChI=1S/C18H27NO2/c1-2-19-17(18-13-20-10-11-21-18)12-15-8-5-7-14-6-3-4-9-16(14)15/h3-4,6,9,15,17-19H,2,5,7-8,10-13H2,1H3. The fourth-order valence-corrected chi connectivity index (χ4v) is 3.77. The van der Waals surface area contributed by atoms with Gasteiger partial charge in [0.15, 0.2) is 0 Å². The summed E-state index contributed by atoms with van der Waals surface area (Å²) in [6.45, 7) is 5.35. The summed E-state index contributed by atoms with van der Waals surface area (Å²) >= 11 is 0. The fraction of sp³-hybridized carbons (Fsp3) is 0.667. The SMILES string of the molecule is CCNC(CC1CCCc2ccccc21)C1COCCO1. The van der Waals surface area contributed by atoms with Crippen LogP contribution in [0.1, 0.15) is 43.2 Å². The molecule has 3 nitrogen and oxygen atoms in total. The summed E-state index contributed by atoms with van der Waals surface area (Å²) in [5, 5.41) is 3.63. The molecule has 2 aliphatic rings. The smallest absolute Gasteiger partial charge is 0.0962 e. The Morgan fingerprint density at radius 3 is 3.00 bits per heavy atom. The number of ether oxygens (including phenoxy) is 2. The van der Waals surface area contributed by atoms with Gasteiger partial charge in [0.05, 0.1) is 25.9 Å². The summed E-state index contributed by atoms with van der Waals surface area (Å²) in [6.07, 6.45) is 5.20. The van der Waals surface area contributed by atoms with Crippen LogP contribution in [0.25, 0.3) is 0 Å². The van der Waals surface area contributed by atoms with Gasteiger partial charge in [-0.05, 0) is 49.3 Å². The third kappa shape index (κ3) is 3.65. The van der Waals surface area contributed by atoms with Gasteiger partial charge in [0.2, 0.25) is 0 Å². The van der Waals surface area contributed by atoms with Crippen molar-refractivity contribution >= 4 is 0 Å². The Balaban J connectivity index is 1.71. The highest BCUT2D eigenvalue weighted by molar-refractivity contribution is 5.32. The van der Waals surface area contributed by atoms with Crippen LogP contribution < -0.4 is 5.32 Å². The second kappa shape index (κ2) is 7.39. The van der Waals surface area contributed by atoms with Crippen LogP contribution in [0, 0.1) is 0 Å². The van der Waals surface area contributed by atoms with Gasteiger partial charge in [0, 0.05) is 6.04 Å². The third-order valence-corrected chi connectivity index (χ3v) is 4.79. The third-order valence-electron chi connectivity index (χ3n) is 4.79. The van der Waals surface area contributed by atoms with Gasteiger partial charge in [-0.1, -0.05) is 31.2 Å². The van der Waals surface area contributed by atoms with Crippen LogP contribution in [0.5, 0.6) is 0 Å². The van der Waals surface area contributed by atoms with Crippen molar-refractivity contribution in [2.75, 3.05) is 26.4 Å². The summed E-state index contributed by atoms with van der Waals surface area (Å²) in [7, 11) is 0. The first-order valence-corrected chi connectivity index (χ1v) is 8.39. The molecule has 0 amide bonds. The number of hydrogen-bond acceptors (Lipinski definition) is 3. The van der Waals surface area contributed by atoms with E-state index in [0.29, 0.717) is 12.0 Å². The Kier molecular flexibility index (Phi) is 5.28. The van der Waals surface area contributed by atoms with Crippen molar-refractivity contribution < 1.29 is 9.47 Å². The molecule has 0 bridgehead atoms. The van der Waals surface area contributed by atoms with Gasteiger partial charge in [-0.3, -0.25) is 0 Å². The Bertz CT molecular complexity index is 443. The topological polar surface area (TPSA) is 30.5 Å². The van der Waals surface area contributed by atoms with Gasteiger partial charge in [0.1, 0.15) is 0 Å². The minimum absolute atomic E-state index is 0.202. The van der Waals surface area contributed by atoms with Gasteiger partial charge in [-0.2, -0.15) is 0 Å². The Labute approximate surface area is 128 Å². The maximum Gasteiger partial charge on any atom is 0.0962 e. The van der Waals surface area contributed by atoms with Crippen LogP contribution >= 0.6 is 0 Å². The van der Waals surface area contributed by atoms with E-state index in [0.717, 1.165) is 32.8 Å². The van der Waals surface area contributed by atoms with E-state index in [1.165, 1.54) is 19.3 Å². The maximum absolute atomic E-state index is 5.93. The monoisotopic (exact) mass is 289 g/mol. The molecular weight excluding hydrogens is 262 g/mol. The van der Waals surface area contributed by atoms with Crippen molar-refractivity contribution in [1.29, 1.82) is 0 Å². The van der Waals surface area contributed by atoms with Crippen molar-refractivity contribution in [3.05, 3.63) is 35.4 Å². The van der Waals surface area contributed by atoms with Crippen molar-refractivity contribution in [2.24, 2.45) is 0 Å². The molecule has 1 heterocycles. The normalized spacial score (nSPS) is 27.1. The summed E-state index contributed by atoms with van der Waals surface area (Å²) in [5.41, 5.74) is 3.10. The molecule has 1 aromatic carbocycles. The molecule has 3 rings (SSSR count). The van der Waals surface area contributed by atoms with Crippen LogP contribution in [0.2, 0.25) is 0 Å². The fourth-order valence-electron chi connectivity index (χ4n) is 3.77. The zero-order valence-corrected chi connectivity index (χ0v) is 13.0. The highest BCUT2D eigenvalue weighted by Gasteiger charge is 2.29. The maximum atomic E-state index is 5.93. The molecule has 116 valence electrons. The van der Waals surface area contributed by atoms with Gasteiger partial charge in [0.25, 0.3) is 0 Å². The molecule has 1 aromatic rings. The molecule has 0 radical (unpaired) electrons. The Hall–Kier alpha value is -0.900. The van der Waals surface area contributed by atoms with Crippen molar-refractivity contribution in [3.63, 3.8) is 0 Å². The number of aryl methyl sites for hydroxylation is 1. The van der Waals surface area contributed by atoms with Crippen LogP contribution in [0.3, 0.4) is 0 Å². The van der Waals surface area contributed by atoms with Crippen molar-refractivity contribution in [1.82, 2.24) is 5.32 Å². The molecule has 3 unspecified atom stereocenters. The van der Waals surface area contributed by atoms with E-state index in [-0.39, 0.29) is 6.10 Å². The first-order chi connectivity index (χ1) is 10.4. The first kappa shape index (κ1) is 15.0. The number of rotatable bonds is 5.